The van der Waals surface area contributed by atoms with Crippen LogP contribution in [0.1, 0.15) is 89.7 Å². The van der Waals surface area contributed by atoms with Crippen LogP contribution in [-0.2, 0) is 75.2 Å². The molecule has 538 valence electrons. The van der Waals surface area contributed by atoms with E-state index in [1.54, 1.807) is 50.2 Å². The van der Waals surface area contributed by atoms with Crippen LogP contribution in [0.3, 0.4) is 0 Å². The number of hydrogen-bond donors (Lipinski definition) is 8. The van der Waals surface area contributed by atoms with Crippen molar-refractivity contribution in [2.45, 2.75) is 97.7 Å². The molecule has 2 aromatic rings. The number of carboxylic acid groups (broad SMARTS) is 1. The zero-order valence-electron chi connectivity index (χ0n) is 55.9. The van der Waals surface area contributed by atoms with Crippen LogP contribution in [0.2, 0.25) is 0 Å². The van der Waals surface area contributed by atoms with Crippen molar-refractivity contribution in [2.24, 2.45) is 22.9 Å². The Morgan fingerprint density at radius 3 is 1.19 bits per heavy atom. The molecule has 1 atom stereocenters. The summed E-state index contributed by atoms with van der Waals surface area (Å²) in [6, 6.07) is 8.59. The van der Waals surface area contributed by atoms with Gasteiger partial charge >= 0.3 is 5.97 Å². The average molecular weight is 1380 g/mol. The van der Waals surface area contributed by atoms with Crippen LogP contribution in [0, 0.1) is 0 Å². The number of hydrogen-bond acceptors (Lipinski definition) is 23. The Labute approximate surface area is 567 Å². The maximum absolute atomic E-state index is 15.1. The Kier molecular flexibility index (Phi) is 38.5. The molecule has 2 aliphatic heterocycles. The van der Waals surface area contributed by atoms with Gasteiger partial charge in [-0.15, -0.1) is 0 Å². The number of aliphatic carboxylic acids is 1. The summed E-state index contributed by atoms with van der Waals surface area (Å²) in [5.74, 6) is -5.44. The molecule has 2 aliphatic rings. The Bertz CT molecular complexity index is 2790. The van der Waals surface area contributed by atoms with E-state index >= 15 is 9.59 Å². The van der Waals surface area contributed by atoms with Crippen LogP contribution in [-0.4, -0.2) is 280 Å². The van der Waals surface area contributed by atoms with E-state index in [1.807, 2.05) is 6.92 Å². The molecule has 32 nitrogen and oxygen atoms in total. The molecule has 0 saturated heterocycles. The average Bonchev–Trinajstić information content (AvgIpc) is 1.66. The monoisotopic (exact) mass is 1370 g/mol. The van der Waals surface area contributed by atoms with Crippen LogP contribution in [0.4, 0.5) is 0 Å². The van der Waals surface area contributed by atoms with Gasteiger partial charge in [0.25, 0.3) is 0 Å². The molecule has 9 amide bonds. The number of amides is 9. The highest BCUT2D eigenvalue weighted by atomic mass is 32.1. The van der Waals surface area contributed by atoms with Crippen molar-refractivity contribution in [3.8, 4) is 23.0 Å². The van der Waals surface area contributed by atoms with E-state index in [9.17, 15) is 43.5 Å². The number of fused-ring (bicyclic) bond motifs is 2. The second kappa shape index (κ2) is 45.7. The second-order valence-corrected chi connectivity index (χ2v) is 23.0. The summed E-state index contributed by atoms with van der Waals surface area (Å²) in [5.41, 5.74) is 24.2. The predicted molar refractivity (Wildman–Crippen MR) is 354 cm³/mol. The number of thiol groups is 1. The van der Waals surface area contributed by atoms with Crippen LogP contribution >= 0.6 is 12.6 Å². The van der Waals surface area contributed by atoms with Gasteiger partial charge in [0.1, 0.15) is 45.7 Å². The van der Waals surface area contributed by atoms with Gasteiger partial charge in [-0.05, 0) is 146 Å². The summed E-state index contributed by atoms with van der Waals surface area (Å²) in [6.45, 7) is 1.40. The third kappa shape index (κ3) is 29.0. The Morgan fingerprint density at radius 1 is 0.469 bits per heavy atom. The molecule has 0 aliphatic carbocycles. The molecule has 11 N–H and O–H groups in total. The molecule has 0 fully saturated rings. The molecule has 4 rings (SSSR count). The van der Waals surface area contributed by atoms with Crippen molar-refractivity contribution in [1.82, 2.24) is 49.8 Å². The lowest BCUT2D eigenvalue weighted by Gasteiger charge is -2.32. The highest BCUT2D eigenvalue weighted by Crippen LogP contribution is 2.34. The first-order valence-electron chi connectivity index (χ1n) is 32.7. The van der Waals surface area contributed by atoms with E-state index in [0.717, 1.165) is 9.80 Å². The van der Waals surface area contributed by atoms with Crippen molar-refractivity contribution in [3.05, 3.63) is 47.5 Å². The minimum atomic E-state index is -1.29. The van der Waals surface area contributed by atoms with Gasteiger partial charge in [0, 0.05) is 59.1 Å². The Morgan fingerprint density at radius 2 is 0.812 bits per heavy atom. The van der Waals surface area contributed by atoms with E-state index in [-0.39, 0.29) is 117 Å². The standard InChI is InChI=1S/C63H102N14O18S/c1-4-89-42-68-31-55(79)71(25-12-8-21-65)35-56(80)72(26-13-9-22-66)36-57(81)73(27-14-10-23-67)37-61(85)77(44-91-6-3)41-62(86)76(43-90-5-2)40-60(84)75(33-48-16-18-51-53(30-48)95-46-93-51)39-59(83)74(32-47-15-17-50-52(29-47)94-45-92-50)38-58(82)70(24-11-7-20-64)34-54(78)69-49(19-28-96)63(87)88/h15-18,29-30,49,68,96H,4-14,19-28,31-46,64-67H2,1-3H3,(H,69,78)(H,87,88). The van der Waals surface area contributed by atoms with Crippen LogP contribution in [0.25, 0.3) is 0 Å². The maximum atomic E-state index is 15.1. The number of carboxylic acids is 1. The molecule has 96 heavy (non-hydrogen) atoms. The number of unbranched alkanes of at least 4 members (excludes halogenated alkanes) is 4. The van der Waals surface area contributed by atoms with Crippen molar-refractivity contribution in [3.63, 3.8) is 0 Å². The first-order chi connectivity index (χ1) is 46.3. The highest BCUT2D eigenvalue weighted by Gasteiger charge is 2.33. The quantitative estimate of drug-likeness (QED) is 0.0221. The molecule has 2 heterocycles. The minimum absolute atomic E-state index is 0.00859. The molecule has 0 spiro atoms. The van der Waals surface area contributed by atoms with Crippen LogP contribution in [0.5, 0.6) is 23.0 Å². The molecular formula is C63H102N14O18S. The molecule has 0 radical (unpaired) electrons. The van der Waals surface area contributed by atoms with E-state index < -0.39 is 119 Å². The lowest BCUT2D eigenvalue weighted by atomic mass is 10.1. The smallest absolute Gasteiger partial charge is 0.326 e. The number of ether oxygens (including phenoxy) is 7. The van der Waals surface area contributed by atoms with Crippen LogP contribution < -0.4 is 52.5 Å². The summed E-state index contributed by atoms with van der Waals surface area (Å²) in [7, 11) is 0. The molecule has 33 heteroatoms. The molecule has 0 aromatic heterocycles. The fourth-order valence-electron chi connectivity index (χ4n) is 9.84. The van der Waals surface area contributed by atoms with Gasteiger partial charge < -0.3 is 106 Å². The van der Waals surface area contributed by atoms with E-state index in [2.05, 4.69) is 23.3 Å². The first-order valence-corrected chi connectivity index (χ1v) is 33.3. The Hall–Kier alpha value is -7.63. The third-order valence-electron chi connectivity index (χ3n) is 15.2. The summed E-state index contributed by atoms with van der Waals surface area (Å²) in [4.78, 5) is 151. The molecule has 0 saturated carbocycles. The van der Waals surface area contributed by atoms with Crippen molar-refractivity contribution >= 4 is 71.8 Å². The molecule has 2 aromatic carbocycles. The normalized spacial score (nSPS) is 12.2. The molecular weight excluding hydrogens is 1270 g/mol. The predicted octanol–water partition coefficient (Wildman–Crippen LogP) is -1.11. The summed E-state index contributed by atoms with van der Waals surface area (Å²) in [6.07, 6.45) is 3.79. The number of carbonyl (C=O) groups is 10. The number of benzene rings is 2. The number of carbonyl (C=O) groups excluding carboxylic acids is 9. The minimum Gasteiger partial charge on any atom is -0.480 e. The zero-order chi connectivity index (χ0) is 70.2. The van der Waals surface area contributed by atoms with E-state index in [0.29, 0.717) is 105 Å². The summed E-state index contributed by atoms with van der Waals surface area (Å²) in [5, 5.41) is 15.1. The lowest BCUT2D eigenvalue weighted by Crippen LogP contribution is -2.53. The maximum Gasteiger partial charge on any atom is 0.326 e. The summed E-state index contributed by atoms with van der Waals surface area (Å²) < 4.78 is 39.1. The largest absolute Gasteiger partial charge is 0.480 e. The van der Waals surface area contributed by atoms with Gasteiger partial charge in [-0.3, -0.25) is 48.5 Å². The zero-order valence-corrected chi connectivity index (χ0v) is 56.8. The van der Waals surface area contributed by atoms with Crippen molar-refractivity contribution < 1.29 is 86.2 Å². The lowest BCUT2D eigenvalue weighted by molar-refractivity contribution is -0.154. The highest BCUT2D eigenvalue weighted by molar-refractivity contribution is 7.80. The van der Waals surface area contributed by atoms with Gasteiger partial charge in [-0.1, -0.05) is 12.1 Å². The van der Waals surface area contributed by atoms with Gasteiger partial charge in [0.15, 0.2) is 23.0 Å². The molecule has 1 unspecified atom stereocenters. The third-order valence-corrected chi connectivity index (χ3v) is 15.5. The fraction of sp³-hybridized carbons (Fsp3) is 0.651. The molecule has 0 bridgehead atoms. The fourth-order valence-corrected chi connectivity index (χ4v) is 10.1. The van der Waals surface area contributed by atoms with Gasteiger partial charge in [0.05, 0.1) is 39.5 Å². The Balaban J connectivity index is 1.67. The number of rotatable bonds is 51. The van der Waals surface area contributed by atoms with Crippen molar-refractivity contribution in [1.29, 1.82) is 0 Å². The van der Waals surface area contributed by atoms with Crippen molar-refractivity contribution in [2.75, 3.05) is 171 Å². The van der Waals surface area contributed by atoms with Gasteiger partial charge in [-0.25, -0.2) is 4.79 Å². The van der Waals surface area contributed by atoms with Crippen LogP contribution in [0.15, 0.2) is 36.4 Å². The summed E-state index contributed by atoms with van der Waals surface area (Å²) >= 11 is 4.12. The number of nitrogens with one attached hydrogen (secondary N) is 2. The first kappa shape index (κ1) is 80.8. The topological polar surface area (TPSA) is 410 Å². The van der Waals surface area contributed by atoms with E-state index in [1.165, 1.54) is 29.4 Å². The van der Waals surface area contributed by atoms with Gasteiger partial charge in [-0.2, -0.15) is 12.6 Å². The second-order valence-electron chi connectivity index (χ2n) is 22.6. The number of nitrogens with two attached hydrogens (primary N) is 4. The number of nitrogens with zero attached hydrogens (tertiary/aromatic N) is 8. The van der Waals surface area contributed by atoms with E-state index in [4.69, 9.17) is 56.1 Å². The van der Waals surface area contributed by atoms with Gasteiger partial charge in [0.2, 0.25) is 66.8 Å². The SMILES string of the molecule is CCOCNCC(=O)N(CCCCN)CC(=O)N(CCCCN)CC(=O)N(CCCCN)CC(=O)N(COCC)CC(=O)N(COCC)CC(=O)N(CC(=O)N(CC(=O)N(CCCCN)CC(=O)NC(CCS)C(=O)O)Cc1ccc2c(c1)OCO2)Cc1ccc2c(c1)OCO2.